The monoisotopic (exact) mass is 283 g/mol. The third-order valence-corrected chi connectivity index (χ3v) is 4.27. The zero-order valence-corrected chi connectivity index (χ0v) is 11.0. The predicted molar refractivity (Wildman–Crippen MR) is 72.4 cm³/mol. The van der Waals surface area contributed by atoms with E-state index in [9.17, 15) is 8.60 Å². The molecule has 5 heteroatoms. The predicted octanol–water partition coefficient (Wildman–Crippen LogP) is 3.37. The fraction of sp³-hybridized carbons (Fsp3) is 0.0769. The average molecular weight is 284 g/mol. The first-order valence-corrected chi connectivity index (χ1v) is 6.95. The van der Waals surface area contributed by atoms with Crippen molar-refractivity contribution < 1.29 is 8.60 Å². The molecule has 2 N–H and O–H groups in total. The van der Waals surface area contributed by atoms with Crippen molar-refractivity contribution in [3.63, 3.8) is 0 Å². The molecule has 2 nitrogen and oxygen atoms in total. The third kappa shape index (κ3) is 2.71. The number of halogens is 2. The summed E-state index contributed by atoms with van der Waals surface area (Å²) in [7, 11) is -1.42. The molecule has 0 bridgehead atoms. The molecule has 0 fully saturated rings. The summed E-state index contributed by atoms with van der Waals surface area (Å²) in [5.41, 5.74) is 6.42. The maximum absolute atomic E-state index is 13.6. The Hall–Kier alpha value is -1.39. The van der Waals surface area contributed by atoms with Gasteiger partial charge in [0.1, 0.15) is 5.82 Å². The van der Waals surface area contributed by atoms with Gasteiger partial charge in [0.05, 0.1) is 21.4 Å². The quantitative estimate of drug-likeness (QED) is 0.878. The molecular weight excluding hydrogens is 273 g/mol. The second-order valence-electron chi connectivity index (χ2n) is 3.73. The van der Waals surface area contributed by atoms with Crippen LogP contribution in [0.25, 0.3) is 0 Å². The highest BCUT2D eigenvalue weighted by Gasteiger charge is 2.13. The van der Waals surface area contributed by atoms with Crippen LogP contribution in [0.2, 0.25) is 5.02 Å². The molecule has 2 aromatic carbocycles. The zero-order chi connectivity index (χ0) is 13.1. The van der Waals surface area contributed by atoms with Gasteiger partial charge in [-0.25, -0.2) is 4.39 Å². The highest BCUT2D eigenvalue weighted by Crippen LogP contribution is 2.24. The maximum Gasteiger partial charge on any atom is 0.128 e. The summed E-state index contributed by atoms with van der Waals surface area (Å²) in [4.78, 5) is 0.497. The molecule has 0 heterocycles. The van der Waals surface area contributed by atoms with Crippen molar-refractivity contribution in [3.8, 4) is 0 Å². The molecule has 1 unspecified atom stereocenters. The lowest BCUT2D eigenvalue weighted by atomic mass is 10.2. The van der Waals surface area contributed by atoms with Crippen LogP contribution in [0.5, 0.6) is 0 Å². The first-order chi connectivity index (χ1) is 8.59. The van der Waals surface area contributed by atoms with E-state index in [-0.39, 0.29) is 16.3 Å². The molecule has 0 amide bonds. The van der Waals surface area contributed by atoms with E-state index in [4.69, 9.17) is 17.3 Å². The summed E-state index contributed by atoms with van der Waals surface area (Å²) in [5, 5.41) is 0.276. The molecule has 0 saturated carbocycles. The molecule has 0 aliphatic heterocycles. The van der Waals surface area contributed by atoms with Gasteiger partial charge in [0.2, 0.25) is 0 Å². The summed E-state index contributed by atoms with van der Waals surface area (Å²) >= 11 is 5.90. The number of anilines is 1. The van der Waals surface area contributed by atoms with Crippen molar-refractivity contribution in [1.29, 1.82) is 0 Å². The van der Waals surface area contributed by atoms with Gasteiger partial charge < -0.3 is 5.73 Å². The van der Waals surface area contributed by atoms with Gasteiger partial charge >= 0.3 is 0 Å². The summed E-state index contributed by atoms with van der Waals surface area (Å²) in [6.07, 6.45) is 0. The summed E-state index contributed by atoms with van der Waals surface area (Å²) < 4.78 is 25.7. The first kappa shape index (κ1) is 13.1. The second kappa shape index (κ2) is 5.50. The molecule has 2 aromatic rings. The Labute approximate surface area is 112 Å². The number of rotatable bonds is 3. The lowest BCUT2D eigenvalue weighted by Gasteiger charge is -2.07. The van der Waals surface area contributed by atoms with E-state index in [2.05, 4.69) is 0 Å². The lowest BCUT2D eigenvalue weighted by Crippen LogP contribution is -2.02. The molecule has 0 aliphatic rings. The van der Waals surface area contributed by atoms with Gasteiger partial charge in [-0.2, -0.15) is 0 Å². The van der Waals surface area contributed by atoms with Crippen molar-refractivity contribution in [2.45, 2.75) is 10.6 Å². The van der Waals surface area contributed by atoms with E-state index in [1.807, 2.05) is 0 Å². The van der Waals surface area contributed by atoms with E-state index in [1.165, 1.54) is 12.1 Å². The number of nitrogens with two attached hydrogens (primary N) is 1. The van der Waals surface area contributed by atoms with Gasteiger partial charge in [-0.1, -0.05) is 29.8 Å². The van der Waals surface area contributed by atoms with Crippen LogP contribution in [0.3, 0.4) is 0 Å². The van der Waals surface area contributed by atoms with E-state index >= 15 is 0 Å². The SMILES string of the molecule is Nc1ccccc1S(=O)Cc1c(F)cccc1Cl. The van der Waals surface area contributed by atoms with Gasteiger partial charge in [-0.3, -0.25) is 4.21 Å². The molecule has 1 atom stereocenters. The number of benzene rings is 2. The Bertz CT molecular complexity index is 583. The minimum Gasteiger partial charge on any atom is -0.398 e. The second-order valence-corrected chi connectivity index (χ2v) is 5.55. The van der Waals surface area contributed by atoms with E-state index in [0.717, 1.165) is 0 Å². The Kier molecular flexibility index (Phi) is 3.99. The van der Waals surface area contributed by atoms with Crippen LogP contribution in [-0.2, 0) is 16.6 Å². The Morgan fingerprint density at radius 1 is 1.17 bits per heavy atom. The Morgan fingerprint density at radius 2 is 1.89 bits per heavy atom. The Balaban J connectivity index is 2.30. The number of para-hydroxylation sites is 1. The van der Waals surface area contributed by atoms with Crippen molar-refractivity contribution in [2.24, 2.45) is 0 Å². The van der Waals surface area contributed by atoms with Crippen LogP contribution >= 0.6 is 11.6 Å². The van der Waals surface area contributed by atoms with Crippen LogP contribution in [-0.4, -0.2) is 4.21 Å². The van der Waals surface area contributed by atoms with Crippen LogP contribution in [0, 0.1) is 5.82 Å². The maximum atomic E-state index is 13.6. The molecule has 0 aromatic heterocycles. The van der Waals surface area contributed by atoms with Crippen LogP contribution in [0.1, 0.15) is 5.56 Å². The van der Waals surface area contributed by atoms with Crippen molar-refractivity contribution >= 4 is 28.1 Å². The molecule has 0 radical (unpaired) electrons. The van der Waals surface area contributed by atoms with Gasteiger partial charge in [-0.05, 0) is 24.3 Å². The highest BCUT2D eigenvalue weighted by molar-refractivity contribution is 7.84. The summed E-state index contributed by atoms with van der Waals surface area (Å²) in [6, 6.07) is 11.2. The number of hydrogen-bond acceptors (Lipinski definition) is 2. The Morgan fingerprint density at radius 3 is 2.56 bits per heavy atom. The van der Waals surface area contributed by atoms with Crippen LogP contribution in [0.4, 0.5) is 10.1 Å². The highest BCUT2D eigenvalue weighted by atomic mass is 35.5. The van der Waals surface area contributed by atoms with Gasteiger partial charge in [-0.15, -0.1) is 0 Å². The molecule has 94 valence electrons. The summed E-state index contributed by atoms with van der Waals surface area (Å²) in [5.74, 6) is -0.440. The van der Waals surface area contributed by atoms with Crippen molar-refractivity contribution in [3.05, 3.63) is 58.9 Å². The third-order valence-electron chi connectivity index (χ3n) is 2.50. The van der Waals surface area contributed by atoms with Gasteiger partial charge in [0.25, 0.3) is 0 Å². The van der Waals surface area contributed by atoms with Crippen LogP contribution in [0.15, 0.2) is 47.4 Å². The number of hydrogen-bond donors (Lipinski definition) is 1. The van der Waals surface area contributed by atoms with E-state index < -0.39 is 16.6 Å². The fourth-order valence-electron chi connectivity index (χ4n) is 1.57. The molecule has 0 spiro atoms. The minimum atomic E-state index is -1.42. The van der Waals surface area contributed by atoms with Crippen molar-refractivity contribution in [1.82, 2.24) is 0 Å². The van der Waals surface area contributed by atoms with Crippen LogP contribution < -0.4 is 5.73 Å². The topological polar surface area (TPSA) is 43.1 Å². The number of nitrogen functional groups attached to an aromatic ring is 1. The van der Waals surface area contributed by atoms with E-state index in [1.54, 1.807) is 30.3 Å². The molecule has 0 aliphatic carbocycles. The standard InChI is InChI=1S/C13H11ClFNOS/c14-10-4-3-5-11(15)9(10)8-18(17)13-7-2-1-6-12(13)16/h1-7H,8,16H2. The van der Waals surface area contributed by atoms with Crippen molar-refractivity contribution in [2.75, 3.05) is 5.73 Å². The zero-order valence-electron chi connectivity index (χ0n) is 9.40. The summed E-state index contributed by atoms with van der Waals surface area (Å²) in [6.45, 7) is 0. The largest absolute Gasteiger partial charge is 0.398 e. The molecule has 2 rings (SSSR count). The first-order valence-electron chi connectivity index (χ1n) is 5.25. The van der Waals surface area contributed by atoms with E-state index in [0.29, 0.717) is 10.6 Å². The molecule has 18 heavy (non-hydrogen) atoms. The molecular formula is C13H11ClFNOS. The van der Waals surface area contributed by atoms with Gasteiger partial charge in [0.15, 0.2) is 0 Å². The average Bonchev–Trinajstić information content (AvgIpc) is 2.34. The fourth-order valence-corrected chi connectivity index (χ4v) is 3.15. The van der Waals surface area contributed by atoms with Gasteiger partial charge in [0, 0.05) is 16.3 Å². The molecule has 0 saturated heterocycles. The lowest BCUT2D eigenvalue weighted by molar-refractivity contribution is 0.615. The minimum absolute atomic E-state index is 0.0136. The smallest absolute Gasteiger partial charge is 0.128 e. The normalized spacial score (nSPS) is 12.3.